The summed E-state index contributed by atoms with van der Waals surface area (Å²) < 4.78 is 4.19. The first-order chi connectivity index (χ1) is 8.60. The molecule has 0 saturated heterocycles. The maximum Gasteiger partial charge on any atom is 0.268 e. The highest BCUT2D eigenvalue weighted by atomic mass is 127. The van der Waals surface area contributed by atoms with Crippen LogP contribution in [-0.4, -0.2) is 19.6 Å². The van der Waals surface area contributed by atoms with E-state index in [0.717, 1.165) is 15.7 Å². The predicted molar refractivity (Wildman–Crippen MR) is 77.5 cm³/mol. The van der Waals surface area contributed by atoms with Crippen molar-refractivity contribution in [2.24, 2.45) is 0 Å². The lowest BCUT2D eigenvalue weighted by Gasteiger charge is -2.08. The van der Waals surface area contributed by atoms with E-state index >= 15 is 0 Å². The first kappa shape index (κ1) is 13.3. The van der Waals surface area contributed by atoms with Crippen LogP contribution in [0, 0.1) is 3.57 Å². The Labute approximate surface area is 119 Å². The zero-order valence-electron chi connectivity index (χ0n) is 10.4. The third-order valence-electron chi connectivity index (χ3n) is 2.85. The third kappa shape index (κ3) is 2.98. The largest absolute Gasteiger partial charge is 0.270 e. The molecule has 18 heavy (non-hydrogen) atoms. The number of hydrogen-bond donors (Lipinski definition) is 0. The minimum Gasteiger partial charge on any atom is -0.270 e. The molecular formula is C12H15IN4O. The normalized spacial score (nSPS) is 12.6. The molecule has 1 atom stereocenters. The lowest BCUT2D eigenvalue weighted by atomic mass is 10.3. The third-order valence-corrected chi connectivity index (χ3v) is 3.44. The number of nitrogens with zero attached hydrogens (tertiary/aromatic N) is 4. The van der Waals surface area contributed by atoms with Gasteiger partial charge in [0.15, 0.2) is 0 Å². The molecule has 1 unspecified atom stereocenters. The van der Waals surface area contributed by atoms with Crippen molar-refractivity contribution in [1.29, 1.82) is 0 Å². The Balaban J connectivity index is 2.19. The van der Waals surface area contributed by atoms with E-state index in [-0.39, 0.29) is 5.56 Å². The van der Waals surface area contributed by atoms with E-state index in [2.05, 4.69) is 46.6 Å². The molecule has 0 fully saturated rings. The molecule has 0 aliphatic carbocycles. The molecule has 0 aliphatic heterocycles. The Morgan fingerprint density at radius 2 is 2.28 bits per heavy atom. The van der Waals surface area contributed by atoms with Crippen LogP contribution in [0.2, 0.25) is 0 Å². The van der Waals surface area contributed by atoms with Gasteiger partial charge in [0.2, 0.25) is 0 Å². The van der Waals surface area contributed by atoms with Crippen LogP contribution in [0.25, 0.3) is 0 Å². The summed E-state index contributed by atoms with van der Waals surface area (Å²) in [4.78, 5) is 11.7. The minimum absolute atomic E-state index is 0.0972. The van der Waals surface area contributed by atoms with E-state index in [4.69, 9.17) is 0 Å². The summed E-state index contributed by atoms with van der Waals surface area (Å²) >= 11 is 2.08. The van der Waals surface area contributed by atoms with E-state index < -0.39 is 0 Å². The Bertz CT molecular complexity index is 590. The average molecular weight is 358 g/mol. The molecule has 0 N–H and O–H groups in total. The Hall–Kier alpha value is -1.18. The van der Waals surface area contributed by atoms with Crippen LogP contribution in [0.4, 0.5) is 0 Å². The average Bonchev–Trinajstić information content (AvgIpc) is 2.80. The van der Waals surface area contributed by atoms with Gasteiger partial charge in [-0.2, -0.15) is 10.2 Å². The van der Waals surface area contributed by atoms with Gasteiger partial charge in [-0.15, -0.1) is 0 Å². The van der Waals surface area contributed by atoms with Crippen molar-refractivity contribution in [2.75, 3.05) is 0 Å². The van der Waals surface area contributed by atoms with Crippen molar-refractivity contribution >= 4 is 22.6 Å². The first-order valence-electron chi connectivity index (χ1n) is 5.87. The van der Waals surface area contributed by atoms with E-state index in [1.165, 1.54) is 4.68 Å². The van der Waals surface area contributed by atoms with Crippen LogP contribution in [0.15, 0.2) is 29.3 Å². The smallest absolute Gasteiger partial charge is 0.268 e. The van der Waals surface area contributed by atoms with Gasteiger partial charge in [0.05, 0.1) is 18.4 Å². The van der Waals surface area contributed by atoms with Crippen LogP contribution in [0.1, 0.15) is 32.0 Å². The number of hydrogen-bond acceptors (Lipinski definition) is 3. The molecule has 0 aromatic carbocycles. The second-order valence-corrected chi connectivity index (χ2v) is 5.46. The van der Waals surface area contributed by atoms with Crippen molar-refractivity contribution in [3.8, 4) is 0 Å². The predicted octanol–water partition coefficient (Wildman–Crippen LogP) is 2.06. The summed E-state index contributed by atoms with van der Waals surface area (Å²) in [6, 6.07) is 3.87. The molecule has 0 bridgehead atoms. The zero-order chi connectivity index (χ0) is 13.1. The Kier molecular flexibility index (Phi) is 4.15. The number of rotatable bonds is 4. The molecule has 0 amide bonds. The fourth-order valence-corrected chi connectivity index (χ4v) is 1.97. The molecule has 0 spiro atoms. The van der Waals surface area contributed by atoms with Gasteiger partial charge >= 0.3 is 0 Å². The fourth-order valence-electron chi connectivity index (χ4n) is 1.58. The molecule has 2 aromatic rings. The molecule has 2 heterocycles. The number of halogens is 1. The maximum absolute atomic E-state index is 11.7. The van der Waals surface area contributed by atoms with Crippen LogP contribution in [0.3, 0.4) is 0 Å². The lowest BCUT2D eigenvalue weighted by Crippen LogP contribution is -2.23. The first-order valence-corrected chi connectivity index (χ1v) is 6.94. The summed E-state index contributed by atoms with van der Waals surface area (Å²) in [6.07, 6.45) is 4.65. The summed E-state index contributed by atoms with van der Waals surface area (Å²) in [5.41, 5.74) is 0.756. The molecule has 5 nitrogen and oxygen atoms in total. The van der Waals surface area contributed by atoms with Gasteiger partial charge in [-0.3, -0.25) is 9.48 Å². The van der Waals surface area contributed by atoms with Crippen molar-refractivity contribution in [3.63, 3.8) is 0 Å². The molecule has 0 aliphatic rings. The van der Waals surface area contributed by atoms with Gasteiger partial charge in [0, 0.05) is 21.9 Å². The summed E-state index contributed by atoms with van der Waals surface area (Å²) in [5.74, 6) is 0. The highest BCUT2D eigenvalue weighted by Crippen LogP contribution is 2.09. The van der Waals surface area contributed by atoms with E-state index in [0.29, 0.717) is 12.6 Å². The molecular weight excluding hydrogens is 343 g/mol. The van der Waals surface area contributed by atoms with E-state index in [1.807, 2.05) is 16.9 Å². The van der Waals surface area contributed by atoms with E-state index in [9.17, 15) is 4.79 Å². The Morgan fingerprint density at radius 1 is 1.50 bits per heavy atom. The summed E-state index contributed by atoms with van der Waals surface area (Å²) in [7, 11) is 0. The van der Waals surface area contributed by atoms with Gasteiger partial charge in [-0.05, 0) is 42.0 Å². The van der Waals surface area contributed by atoms with Crippen LogP contribution in [0.5, 0.6) is 0 Å². The van der Waals surface area contributed by atoms with Gasteiger partial charge in [0.25, 0.3) is 5.56 Å². The molecule has 0 saturated carbocycles. The SMILES string of the molecule is CCC(C)n1ccc(Cn2ncc(I)cc2=O)n1. The zero-order valence-corrected chi connectivity index (χ0v) is 12.5. The van der Waals surface area contributed by atoms with Gasteiger partial charge in [0.1, 0.15) is 0 Å². The number of aromatic nitrogens is 4. The molecule has 96 valence electrons. The summed E-state index contributed by atoms with van der Waals surface area (Å²) in [6.45, 7) is 4.66. The topological polar surface area (TPSA) is 52.7 Å². The molecule has 2 aromatic heterocycles. The monoisotopic (exact) mass is 358 g/mol. The van der Waals surface area contributed by atoms with Crippen molar-refractivity contribution in [3.05, 3.63) is 44.1 Å². The fraction of sp³-hybridized carbons (Fsp3) is 0.417. The van der Waals surface area contributed by atoms with Gasteiger partial charge in [-0.25, -0.2) is 4.68 Å². The van der Waals surface area contributed by atoms with Crippen molar-refractivity contribution in [2.45, 2.75) is 32.9 Å². The van der Waals surface area contributed by atoms with Crippen LogP contribution in [-0.2, 0) is 6.54 Å². The second-order valence-electron chi connectivity index (χ2n) is 4.21. The van der Waals surface area contributed by atoms with Crippen LogP contribution >= 0.6 is 22.6 Å². The lowest BCUT2D eigenvalue weighted by molar-refractivity contribution is 0.470. The quantitative estimate of drug-likeness (QED) is 0.787. The highest BCUT2D eigenvalue weighted by molar-refractivity contribution is 14.1. The van der Waals surface area contributed by atoms with Crippen molar-refractivity contribution < 1.29 is 0 Å². The molecule has 0 radical (unpaired) electrons. The Morgan fingerprint density at radius 3 is 2.94 bits per heavy atom. The molecule has 2 rings (SSSR count). The van der Waals surface area contributed by atoms with Gasteiger partial charge < -0.3 is 0 Å². The standard InChI is InChI=1S/C12H15IN4O/c1-3-9(2)16-5-4-11(15-16)8-17-12(18)6-10(13)7-14-17/h4-7,9H,3,8H2,1-2H3. The highest BCUT2D eigenvalue weighted by Gasteiger charge is 2.06. The second kappa shape index (κ2) is 5.64. The summed E-state index contributed by atoms with van der Waals surface area (Å²) in [5, 5.41) is 8.55. The van der Waals surface area contributed by atoms with E-state index in [1.54, 1.807) is 12.3 Å². The van der Waals surface area contributed by atoms with Crippen molar-refractivity contribution in [1.82, 2.24) is 19.6 Å². The maximum atomic E-state index is 11.7. The van der Waals surface area contributed by atoms with Crippen LogP contribution < -0.4 is 5.56 Å². The minimum atomic E-state index is -0.0972. The van der Waals surface area contributed by atoms with Gasteiger partial charge in [-0.1, -0.05) is 6.92 Å². The molecule has 6 heteroatoms.